The van der Waals surface area contributed by atoms with Gasteiger partial charge in [-0.1, -0.05) is 6.07 Å². The number of hydrogen-bond acceptors (Lipinski definition) is 3. The monoisotopic (exact) mass is 298 g/mol. The average Bonchev–Trinajstić information content (AvgIpc) is 2.48. The molecule has 0 amide bonds. The standard InChI is InChI=1S/C16H24F2N2O/c1-19(7-2-10-21)15-5-8-20(9-6-15)12-13-3-4-14(17)11-16(13)18/h3-4,11,15,21H,2,5-10,12H2,1H3. The molecule has 0 aromatic heterocycles. The van der Waals surface area contributed by atoms with Crippen molar-refractivity contribution < 1.29 is 13.9 Å². The van der Waals surface area contributed by atoms with Gasteiger partial charge in [0.15, 0.2) is 0 Å². The first-order valence-electron chi connectivity index (χ1n) is 7.57. The van der Waals surface area contributed by atoms with Gasteiger partial charge in [-0.05, 0) is 45.5 Å². The van der Waals surface area contributed by atoms with Crippen LogP contribution in [-0.4, -0.2) is 54.2 Å². The van der Waals surface area contributed by atoms with Gasteiger partial charge in [0.05, 0.1) is 0 Å². The third kappa shape index (κ3) is 4.73. The van der Waals surface area contributed by atoms with Crippen LogP contribution >= 0.6 is 0 Å². The Hall–Kier alpha value is -1.04. The maximum Gasteiger partial charge on any atom is 0.130 e. The minimum absolute atomic E-state index is 0.229. The molecule has 1 aliphatic rings. The van der Waals surface area contributed by atoms with Crippen molar-refractivity contribution in [3.05, 3.63) is 35.4 Å². The minimum atomic E-state index is -0.527. The topological polar surface area (TPSA) is 26.7 Å². The smallest absolute Gasteiger partial charge is 0.130 e. The fourth-order valence-corrected chi connectivity index (χ4v) is 2.91. The highest BCUT2D eigenvalue weighted by Crippen LogP contribution is 2.19. The van der Waals surface area contributed by atoms with E-state index < -0.39 is 11.6 Å². The van der Waals surface area contributed by atoms with E-state index in [-0.39, 0.29) is 6.61 Å². The van der Waals surface area contributed by atoms with Crippen LogP contribution in [0, 0.1) is 11.6 Å². The zero-order valence-electron chi connectivity index (χ0n) is 12.6. The molecule has 0 saturated carbocycles. The summed E-state index contributed by atoms with van der Waals surface area (Å²) in [5.41, 5.74) is 0.559. The lowest BCUT2D eigenvalue weighted by molar-refractivity contribution is 0.117. The molecule has 2 rings (SSSR count). The van der Waals surface area contributed by atoms with Crippen LogP contribution in [0.1, 0.15) is 24.8 Å². The summed E-state index contributed by atoms with van der Waals surface area (Å²) in [6.07, 6.45) is 2.90. The summed E-state index contributed by atoms with van der Waals surface area (Å²) in [7, 11) is 2.09. The molecule has 0 bridgehead atoms. The number of likely N-dealkylation sites (tertiary alicyclic amines) is 1. The van der Waals surface area contributed by atoms with Crippen LogP contribution in [0.5, 0.6) is 0 Å². The summed E-state index contributed by atoms with van der Waals surface area (Å²) in [4.78, 5) is 4.51. The van der Waals surface area contributed by atoms with Crippen molar-refractivity contribution in [2.24, 2.45) is 0 Å². The molecule has 3 nitrogen and oxygen atoms in total. The van der Waals surface area contributed by atoms with E-state index >= 15 is 0 Å². The predicted octanol–water partition coefficient (Wildman–Crippen LogP) is 2.24. The van der Waals surface area contributed by atoms with E-state index in [1.165, 1.54) is 12.1 Å². The van der Waals surface area contributed by atoms with Crippen molar-refractivity contribution in [2.45, 2.75) is 31.8 Å². The number of rotatable bonds is 6. The fraction of sp³-hybridized carbons (Fsp3) is 0.625. The number of benzene rings is 1. The first-order chi connectivity index (χ1) is 10.1. The molecule has 1 heterocycles. The van der Waals surface area contributed by atoms with Gasteiger partial charge in [0.2, 0.25) is 0 Å². The van der Waals surface area contributed by atoms with Crippen LogP contribution in [0.3, 0.4) is 0 Å². The van der Waals surface area contributed by atoms with E-state index in [1.54, 1.807) is 0 Å². The van der Waals surface area contributed by atoms with Crippen LogP contribution in [-0.2, 0) is 6.54 Å². The Morgan fingerprint density at radius 1 is 1.29 bits per heavy atom. The average molecular weight is 298 g/mol. The van der Waals surface area contributed by atoms with Gasteiger partial charge in [-0.2, -0.15) is 0 Å². The Balaban J connectivity index is 1.81. The number of nitrogens with zero attached hydrogens (tertiary/aromatic N) is 2. The summed E-state index contributed by atoms with van der Waals surface area (Å²) in [6.45, 7) is 3.52. The summed E-state index contributed by atoms with van der Waals surface area (Å²) >= 11 is 0. The number of halogens is 2. The van der Waals surface area contributed by atoms with Gasteiger partial charge in [0.25, 0.3) is 0 Å². The van der Waals surface area contributed by atoms with E-state index in [9.17, 15) is 8.78 Å². The van der Waals surface area contributed by atoms with E-state index in [0.29, 0.717) is 18.2 Å². The zero-order valence-corrected chi connectivity index (χ0v) is 12.6. The highest BCUT2D eigenvalue weighted by atomic mass is 19.1. The third-order valence-electron chi connectivity index (χ3n) is 4.26. The molecule has 1 fully saturated rings. The normalized spacial score (nSPS) is 17.6. The van der Waals surface area contributed by atoms with Gasteiger partial charge in [-0.25, -0.2) is 8.78 Å². The van der Waals surface area contributed by atoms with Crippen LogP contribution < -0.4 is 0 Å². The van der Waals surface area contributed by atoms with Crippen LogP contribution in [0.4, 0.5) is 8.78 Å². The molecule has 1 aromatic rings. The quantitative estimate of drug-likeness (QED) is 0.872. The van der Waals surface area contributed by atoms with Gasteiger partial charge in [-0.3, -0.25) is 4.90 Å². The predicted molar refractivity (Wildman–Crippen MR) is 79.0 cm³/mol. The van der Waals surface area contributed by atoms with Gasteiger partial charge < -0.3 is 10.0 Å². The second-order valence-electron chi connectivity index (χ2n) is 5.80. The maximum atomic E-state index is 13.7. The summed E-state index contributed by atoms with van der Waals surface area (Å²) < 4.78 is 26.5. The summed E-state index contributed by atoms with van der Waals surface area (Å²) in [5.74, 6) is -0.988. The van der Waals surface area contributed by atoms with Crippen LogP contribution in [0.15, 0.2) is 18.2 Å². The molecule has 0 unspecified atom stereocenters. The Morgan fingerprint density at radius 2 is 2.00 bits per heavy atom. The van der Waals surface area contributed by atoms with Crippen molar-refractivity contribution in [2.75, 3.05) is 33.3 Å². The lowest BCUT2D eigenvalue weighted by Gasteiger charge is -2.36. The molecule has 118 valence electrons. The Labute approximate surface area is 125 Å². The molecule has 1 N–H and O–H groups in total. The highest BCUT2D eigenvalue weighted by molar-refractivity contribution is 5.18. The first-order valence-corrected chi connectivity index (χ1v) is 7.57. The Bertz CT molecular complexity index is 448. The molecule has 1 aliphatic heterocycles. The third-order valence-corrected chi connectivity index (χ3v) is 4.26. The summed E-state index contributed by atoms with van der Waals surface area (Å²) in [6, 6.07) is 4.33. The van der Waals surface area contributed by atoms with Crippen molar-refractivity contribution in [3.8, 4) is 0 Å². The minimum Gasteiger partial charge on any atom is -0.396 e. The molecule has 0 aliphatic carbocycles. The fourth-order valence-electron chi connectivity index (χ4n) is 2.91. The van der Waals surface area contributed by atoms with Crippen molar-refractivity contribution in [3.63, 3.8) is 0 Å². The Morgan fingerprint density at radius 3 is 2.62 bits per heavy atom. The second-order valence-corrected chi connectivity index (χ2v) is 5.80. The van der Waals surface area contributed by atoms with E-state index in [2.05, 4.69) is 16.8 Å². The lowest BCUT2D eigenvalue weighted by atomic mass is 10.0. The van der Waals surface area contributed by atoms with E-state index in [0.717, 1.165) is 45.0 Å². The van der Waals surface area contributed by atoms with Gasteiger partial charge >= 0.3 is 0 Å². The van der Waals surface area contributed by atoms with Gasteiger partial charge in [0, 0.05) is 37.4 Å². The van der Waals surface area contributed by atoms with E-state index in [4.69, 9.17) is 5.11 Å². The molecule has 0 atom stereocenters. The highest BCUT2D eigenvalue weighted by Gasteiger charge is 2.22. The lowest BCUT2D eigenvalue weighted by Crippen LogP contribution is -2.43. The first kappa shape index (κ1) is 16.3. The van der Waals surface area contributed by atoms with Gasteiger partial charge in [-0.15, -0.1) is 0 Å². The number of aliphatic hydroxyl groups is 1. The number of aliphatic hydroxyl groups excluding tert-OH is 1. The van der Waals surface area contributed by atoms with Gasteiger partial charge in [0.1, 0.15) is 11.6 Å². The largest absolute Gasteiger partial charge is 0.396 e. The molecule has 0 radical (unpaired) electrons. The maximum absolute atomic E-state index is 13.7. The molecular weight excluding hydrogens is 274 g/mol. The molecular formula is C16H24F2N2O. The number of piperidine rings is 1. The SMILES string of the molecule is CN(CCCO)C1CCN(Cc2ccc(F)cc2F)CC1. The molecule has 5 heteroatoms. The zero-order chi connectivity index (χ0) is 15.2. The number of hydrogen-bond donors (Lipinski definition) is 1. The van der Waals surface area contributed by atoms with Crippen molar-refractivity contribution in [1.29, 1.82) is 0 Å². The van der Waals surface area contributed by atoms with Crippen molar-refractivity contribution in [1.82, 2.24) is 9.80 Å². The Kier molecular flexibility index (Phi) is 6.08. The van der Waals surface area contributed by atoms with Crippen LogP contribution in [0.2, 0.25) is 0 Å². The van der Waals surface area contributed by atoms with E-state index in [1.807, 2.05) is 0 Å². The second kappa shape index (κ2) is 7.82. The van der Waals surface area contributed by atoms with Crippen molar-refractivity contribution >= 4 is 0 Å². The summed E-state index contributed by atoms with van der Waals surface area (Å²) in [5, 5.41) is 8.87. The molecule has 1 aromatic carbocycles. The molecule has 1 saturated heterocycles. The molecule has 0 spiro atoms. The van der Waals surface area contributed by atoms with Crippen LogP contribution in [0.25, 0.3) is 0 Å². The molecule has 21 heavy (non-hydrogen) atoms.